The molecule has 32 heavy (non-hydrogen) atoms. The highest BCUT2D eigenvalue weighted by Crippen LogP contribution is 2.75. The number of ether oxygens (including phenoxy) is 1. The molecule has 4 saturated carbocycles. The van der Waals surface area contributed by atoms with Crippen LogP contribution in [0.3, 0.4) is 0 Å². The van der Waals surface area contributed by atoms with Crippen LogP contribution in [0.25, 0.3) is 0 Å². The topological polar surface area (TPSA) is 9.23 Å². The van der Waals surface area contributed by atoms with E-state index in [0.717, 1.165) is 17.8 Å². The monoisotopic (exact) mass is 440 g/mol. The Balaban J connectivity index is 1.56. The molecule has 182 valence electrons. The van der Waals surface area contributed by atoms with Gasteiger partial charge >= 0.3 is 0 Å². The van der Waals surface area contributed by atoms with Crippen LogP contribution in [0.2, 0.25) is 0 Å². The van der Waals surface area contributed by atoms with Crippen LogP contribution in [0.5, 0.6) is 0 Å². The highest BCUT2D eigenvalue weighted by Gasteiger charge is 2.67. The first-order chi connectivity index (χ1) is 14.7. The summed E-state index contributed by atoms with van der Waals surface area (Å²) in [5.41, 5.74) is 4.53. The fourth-order valence-corrected chi connectivity index (χ4v) is 10.9. The van der Waals surface area contributed by atoms with E-state index in [2.05, 4.69) is 61.5 Å². The van der Waals surface area contributed by atoms with Gasteiger partial charge in [-0.1, -0.05) is 67.0 Å². The fourth-order valence-electron chi connectivity index (χ4n) is 10.9. The van der Waals surface area contributed by atoms with E-state index in [1.807, 2.05) is 12.7 Å². The minimum atomic E-state index is 0.284. The number of hydrogen-bond donors (Lipinski definition) is 0. The van der Waals surface area contributed by atoms with Gasteiger partial charge in [0.2, 0.25) is 0 Å². The average molecular weight is 441 g/mol. The third-order valence-electron chi connectivity index (χ3n) is 13.3. The third-order valence-corrected chi connectivity index (χ3v) is 13.3. The van der Waals surface area contributed by atoms with Crippen molar-refractivity contribution in [2.75, 3.05) is 7.11 Å². The van der Waals surface area contributed by atoms with Gasteiger partial charge in [-0.2, -0.15) is 0 Å². The van der Waals surface area contributed by atoms with Gasteiger partial charge < -0.3 is 4.74 Å². The molecular weight excluding hydrogens is 388 g/mol. The van der Waals surface area contributed by atoms with Gasteiger partial charge in [-0.3, -0.25) is 0 Å². The lowest BCUT2D eigenvalue weighted by molar-refractivity contribution is -0.207. The summed E-state index contributed by atoms with van der Waals surface area (Å²) in [4.78, 5) is 0. The summed E-state index contributed by atoms with van der Waals surface area (Å²) >= 11 is 0. The molecule has 0 heterocycles. The van der Waals surface area contributed by atoms with Gasteiger partial charge in [0.15, 0.2) is 0 Å². The summed E-state index contributed by atoms with van der Waals surface area (Å²) in [5.74, 6) is 2.42. The molecule has 5 aliphatic rings. The second kappa shape index (κ2) is 6.89. The van der Waals surface area contributed by atoms with Crippen molar-refractivity contribution in [2.45, 2.75) is 126 Å². The molecule has 0 bridgehead atoms. The van der Waals surface area contributed by atoms with Crippen LogP contribution < -0.4 is 0 Å². The maximum atomic E-state index is 6.05. The molecule has 0 saturated heterocycles. The summed E-state index contributed by atoms with van der Waals surface area (Å²) in [7, 11) is 1.95. The lowest BCUT2D eigenvalue weighted by Gasteiger charge is -2.71. The van der Waals surface area contributed by atoms with Crippen LogP contribution in [-0.2, 0) is 4.74 Å². The highest BCUT2D eigenvalue weighted by atomic mass is 16.5. The minimum Gasteiger partial charge on any atom is -0.381 e. The van der Waals surface area contributed by atoms with Gasteiger partial charge in [-0.15, -0.1) is 0 Å². The van der Waals surface area contributed by atoms with Crippen molar-refractivity contribution < 1.29 is 4.74 Å². The number of allylic oxidation sites excluding steroid dienone is 2. The van der Waals surface area contributed by atoms with Gasteiger partial charge in [-0.25, -0.2) is 0 Å². The Morgan fingerprint density at radius 2 is 1.47 bits per heavy atom. The molecule has 1 heteroatoms. The second-order valence-corrected chi connectivity index (χ2v) is 15.5. The van der Waals surface area contributed by atoms with Gasteiger partial charge in [0, 0.05) is 7.11 Å². The number of methoxy groups -OCH3 is 1. The quantitative estimate of drug-likeness (QED) is 0.370. The molecular formula is C31H52O. The van der Waals surface area contributed by atoms with Crippen LogP contribution in [0.1, 0.15) is 120 Å². The van der Waals surface area contributed by atoms with Crippen molar-refractivity contribution >= 4 is 0 Å². The van der Waals surface area contributed by atoms with Gasteiger partial charge in [0.25, 0.3) is 0 Å². The van der Waals surface area contributed by atoms with Crippen molar-refractivity contribution in [3.05, 3.63) is 11.6 Å². The molecule has 0 aromatic rings. The van der Waals surface area contributed by atoms with E-state index in [4.69, 9.17) is 4.74 Å². The van der Waals surface area contributed by atoms with Crippen LogP contribution in [0.15, 0.2) is 11.6 Å². The Hall–Kier alpha value is -0.300. The van der Waals surface area contributed by atoms with Crippen molar-refractivity contribution in [3.63, 3.8) is 0 Å². The van der Waals surface area contributed by atoms with Crippen molar-refractivity contribution in [1.82, 2.24) is 0 Å². The second-order valence-electron chi connectivity index (χ2n) is 15.5. The van der Waals surface area contributed by atoms with E-state index >= 15 is 0 Å². The third kappa shape index (κ3) is 2.85. The molecule has 0 spiro atoms. The standard InChI is InChI=1S/C31H52O/c1-26(2)16-17-28(5)18-19-30(7)21(22(28)20-26)10-11-24-29(6)14-13-25(32-9)27(3,4)23(29)12-15-31(24,30)8/h10,22-25H,11-20H2,1-9H3/t22?,23?,24?,25-,28?,29-,30+,31?/m0/s1. The largest absolute Gasteiger partial charge is 0.381 e. The summed E-state index contributed by atoms with van der Waals surface area (Å²) in [6.45, 7) is 20.9. The molecule has 5 aliphatic carbocycles. The van der Waals surface area contributed by atoms with Gasteiger partial charge in [0.1, 0.15) is 0 Å². The molecule has 0 aromatic carbocycles. The fraction of sp³-hybridized carbons (Fsp3) is 0.935. The molecule has 0 aromatic heterocycles. The SMILES string of the molecule is CO[C@H]1CC[C@@]2(C)C(CCC3(C)C2CC=C2C4CC(C)(C)CCC4(C)CC[C@]23C)C1(C)C. The van der Waals surface area contributed by atoms with E-state index in [-0.39, 0.29) is 5.41 Å². The van der Waals surface area contributed by atoms with E-state index < -0.39 is 0 Å². The van der Waals surface area contributed by atoms with Crippen molar-refractivity contribution in [3.8, 4) is 0 Å². The lowest BCUT2D eigenvalue weighted by Crippen LogP contribution is -2.64. The Labute approximate surface area is 199 Å². The van der Waals surface area contributed by atoms with Crippen molar-refractivity contribution in [1.29, 1.82) is 0 Å². The first-order valence-corrected chi connectivity index (χ1v) is 14.0. The predicted molar refractivity (Wildman–Crippen MR) is 136 cm³/mol. The summed E-state index contributed by atoms with van der Waals surface area (Å²) in [5, 5.41) is 0. The molecule has 1 nitrogen and oxygen atoms in total. The smallest absolute Gasteiger partial charge is 0.0625 e. The highest BCUT2D eigenvalue weighted by molar-refractivity contribution is 5.33. The van der Waals surface area contributed by atoms with Crippen LogP contribution in [-0.4, -0.2) is 13.2 Å². The molecule has 5 rings (SSSR count). The molecule has 8 atom stereocenters. The Morgan fingerprint density at radius 1 is 0.781 bits per heavy atom. The maximum Gasteiger partial charge on any atom is 0.0625 e. The predicted octanol–water partition coefficient (Wildman–Crippen LogP) is 8.82. The number of fused-ring (bicyclic) bond motifs is 7. The minimum absolute atomic E-state index is 0.284. The van der Waals surface area contributed by atoms with E-state index in [0.29, 0.717) is 33.2 Å². The van der Waals surface area contributed by atoms with Gasteiger partial charge in [-0.05, 0) is 114 Å². The average Bonchev–Trinajstić information content (AvgIpc) is 2.69. The number of hydrogen-bond acceptors (Lipinski definition) is 1. The van der Waals surface area contributed by atoms with Crippen LogP contribution in [0, 0.1) is 50.2 Å². The zero-order chi connectivity index (χ0) is 23.4. The Morgan fingerprint density at radius 3 is 2.16 bits per heavy atom. The first-order valence-electron chi connectivity index (χ1n) is 14.0. The Kier molecular flexibility index (Phi) is 5.05. The van der Waals surface area contributed by atoms with Crippen LogP contribution in [0.4, 0.5) is 0 Å². The first kappa shape index (κ1) is 23.4. The zero-order valence-corrected chi connectivity index (χ0v) is 22.9. The molecule has 5 unspecified atom stereocenters. The van der Waals surface area contributed by atoms with Crippen LogP contribution >= 0.6 is 0 Å². The summed E-state index contributed by atoms with van der Waals surface area (Å²) < 4.78 is 6.05. The summed E-state index contributed by atoms with van der Waals surface area (Å²) in [6, 6.07) is 0. The Bertz CT molecular complexity index is 805. The number of rotatable bonds is 1. The molecule has 0 N–H and O–H groups in total. The lowest BCUT2D eigenvalue weighted by atomic mass is 9.33. The maximum absolute atomic E-state index is 6.05. The molecule has 0 amide bonds. The normalized spacial score (nSPS) is 53.8. The molecule has 0 radical (unpaired) electrons. The van der Waals surface area contributed by atoms with E-state index in [1.165, 1.54) is 64.2 Å². The summed E-state index contributed by atoms with van der Waals surface area (Å²) in [6.07, 6.45) is 17.1. The van der Waals surface area contributed by atoms with E-state index in [1.54, 1.807) is 0 Å². The van der Waals surface area contributed by atoms with Crippen molar-refractivity contribution in [2.24, 2.45) is 50.2 Å². The molecule has 0 aliphatic heterocycles. The molecule has 4 fully saturated rings. The van der Waals surface area contributed by atoms with Gasteiger partial charge in [0.05, 0.1) is 6.10 Å². The zero-order valence-electron chi connectivity index (χ0n) is 22.9. The van der Waals surface area contributed by atoms with E-state index in [9.17, 15) is 0 Å².